The van der Waals surface area contributed by atoms with Crippen molar-refractivity contribution < 1.29 is 17.9 Å². The van der Waals surface area contributed by atoms with E-state index in [1.807, 2.05) is 0 Å². The maximum absolute atomic E-state index is 11.4. The van der Waals surface area contributed by atoms with E-state index in [0.29, 0.717) is 23.8 Å². The van der Waals surface area contributed by atoms with Gasteiger partial charge in [-0.3, -0.25) is 0 Å². The molecule has 19 heavy (non-hydrogen) atoms. The van der Waals surface area contributed by atoms with Crippen molar-refractivity contribution in [2.45, 2.75) is 18.0 Å². The van der Waals surface area contributed by atoms with Crippen molar-refractivity contribution in [3.63, 3.8) is 0 Å². The molecule has 0 saturated carbocycles. The van der Waals surface area contributed by atoms with Gasteiger partial charge in [-0.1, -0.05) is 6.07 Å². The molecule has 0 amide bonds. The molecule has 0 aliphatic carbocycles. The van der Waals surface area contributed by atoms with Gasteiger partial charge in [0.05, 0.1) is 11.4 Å². The second kappa shape index (κ2) is 5.46. The molecular weight excluding hydrogens is 266 g/mol. The Morgan fingerprint density at radius 2 is 1.95 bits per heavy atom. The Bertz CT molecular complexity index is 661. The zero-order valence-corrected chi connectivity index (χ0v) is 11.3. The van der Waals surface area contributed by atoms with Crippen molar-refractivity contribution in [1.29, 1.82) is 0 Å². The summed E-state index contributed by atoms with van der Waals surface area (Å²) in [6, 6.07) is 10.1. The van der Waals surface area contributed by atoms with E-state index in [1.54, 1.807) is 36.4 Å². The topological polar surface area (TPSA) is 79.5 Å². The number of anilines is 1. The molecule has 1 aromatic heterocycles. The molecule has 6 heteroatoms. The molecule has 0 radical (unpaired) electrons. The minimum atomic E-state index is -3.20. The van der Waals surface area contributed by atoms with E-state index in [4.69, 9.17) is 9.52 Å². The Kier molecular flexibility index (Phi) is 3.92. The Labute approximate surface area is 111 Å². The summed E-state index contributed by atoms with van der Waals surface area (Å²) in [5.41, 5.74) is 0.699. The molecule has 0 unspecified atom stereocenters. The molecule has 1 aromatic carbocycles. The van der Waals surface area contributed by atoms with Gasteiger partial charge >= 0.3 is 0 Å². The summed E-state index contributed by atoms with van der Waals surface area (Å²) in [5, 5.41) is 12.0. The van der Waals surface area contributed by atoms with Gasteiger partial charge in [-0.05, 0) is 30.3 Å². The van der Waals surface area contributed by atoms with Crippen LogP contribution in [0.25, 0.3) is 0 Å². The van der Waals surface area contributed by atoms with E-state index < -0.39 is 9.84 Å². The molecule has 0 saturated heterocycles. The predicted octanol–water partition coefficient (Wildman–Crippen LogP) is 1.79. The lowest BCUT2D eigenvalue weighted by molar-refractivity contribution is 0.244. The van der Waals surface area contributed by atoms with Crippen LogP contribution in [0.3, 0.4) is 0 Å². The van der Waals surface area contributed by atoms with Crippen LogP contribution in [0.4, 0.5) is 5.69 Å². The summed E-state index contributed by atoms with van der Waals surface area (Å²) in [6.45, 7) is 0.288. The van der Waals surface area contributed by atoms with E-state index in [9.17, 15) is 8.42 Å². The highest BCUT2D eigenvalue weighted by Gasteiger charge is 2.07. The normalized spacial score (nSPS) is 11.5. The SMILES string of the molecule is CS(=O)(=O)c1cccc(NCc2ccc(CO)o2)c1. The number of sulfone groups is 1. The highest BCUT2D eigenvalue weighted by molar-refractivity contribution is 7.90. The van der Waals surface area contributed by atoms with Crippen LogP contribution in [0.5, 0.6) is 0 Å². The molecule has 0 aliphatic heterocycles. The van der Waals surface area contributed by atoms with Crippen molar-refractivity contribution in [2.24, 2.45) is 0 Å². The number of nitrogens with one attached hydrogen (secondary N) is 1. The minimum absolute atomic E-state index is 0.135. The van der Waals surface area contributed by atoms with Crippen LogP contribution in [0.2, 0.25) is 0 Å². The summed E-state index contributed by atoms with van der Waals surface area (Å²) >= 11 is 0. The number of aliphatic hydroxyl groups is 1. The van der Waals surface area contributed by atoms with Gasteiger partial charge in [0.15, 0.2) is 9.84 Å². The highest BCUT2D eigenvalue weighted by Crippen LogP contribution is 2.16. The average molecular weight is 281 g/mol. The fourth-order valence-electron chi connectivity index (χ4n) is 1.63. The standard InChI is InChI=1S/C13H15NO4S/c1-19(16,17)13-4-2-3-10(7-13)14-8-11-5-6-12(9-15)18-11/h2-7,14-15H,8-9H2,1H3. The highest BCUT2D eigenvalue weighted by atomic mass is 32.2. The Hall–Kier alpha value is -1.79. The fraction of sp³-hybridized carbons (Fsp3) is 0.231. The van der Waals surface area contributed by atoms with Gasteiger partial charge in [0.1, 0.15) is 18.1 Å². The van der Waals surface area contributed by atoms with Crippen LogP contribution in [0.15, 0.2) is 45.7 Å². The lowest BCUT2D eigenvalue weighted by Gasteiger charge is -2.06. The Balaban J connectivity index is 2.07. The lowest BCUT2D eigenvalue weighted by atomic mass is 10.3. The number of furan rings is 1. The van der Waals surface area contributed by atoms with Gasteiger partial charge in [-0.2, -0.15) is 0 Å². The van der Waals surface area contributed by atoms with Gasteiger partial charge in [-0.15, -0.1) is 0 Å². The first-order chi connectivity index (χ1) is 8.99. The third-order valence-corrected chi connectivity index (χ3v) is 3.71. The second-order valence-corrected chi connectivity index (χ2v) is 6.20. The van der Waals surface area contributed by atoms with Gasteiger partial charge in [-0.25, -0.2) is 8.42 Å². The Morgan fingerprint density at radius 3 is 2.58 bits per heavy atom. The summed E-state index contributed by atoms with van der Waals surface area (Å²) < 4.78 is 28.2. The van der Waals surface area contributed by atoms with Crippen LogP contribution < -0.4 is 5.32 Å². The summed E-state index contributed by atoms with van der Waals surface area (Å²) in [5.74, 6) is 1.18. The Morgan fingerprint density at radius 1 is 1.21 bits per heavy atom. The molecule has 0 aliphatic rings. The molecule has 0 fully saturated rings. The maximum Gasteiger partial charge on any atom is 0.175 e. The van der Waals surface area contributed by atoms with Gasteiger partial charge < -0.3 is 14.8 Å². The molecule has 2 N–H and O–H groups in total. The maximum atomic E-state index is 11.4. The molecule has 2 rings (SSSR count). The van der Waals surface area contributed by atoms with Gasteiger partial charge in [0, 0.05) is 11.9 Å². The van der Waals surface area contributed by atoms with Crippen LogP contribution in [0, 0.1) is 0 Å². The number of hydrogen-bond donors (Lipinski definition) is 2. The van der Waals surface area contributed by atoms with E-state index in [1.165, 1.54) is 6.26 Å². The first-order valence-electron chi connectivity index (χ1n) is 5.71. The van der Waals surface area contributed by atoms with E-state index >= 15 is 0 Å². The minimum Gasteiger partial charge on any atom is -0.462 e. The third-order valence-electron chi connectivity index (χ3n) is 2.60. The van der Waals surface area contributed by atoms with E-state index in [-0.39, 0.29) is 11.5 Å². The van der Waals surface area contributed by atoms with Crippen molar-refractivity contribution >= 4 is 15.5 Å². The largest absolute Gasteiger partial charge is 0.462 e. The first-order valence-corrected chi connectivity index (χ1v) is 7.60. The molecule has 1 heterocycles. The molecule has 0 atom stereocenters. The molecule has 102 valence electrons. The van der Waals surface area contributed by atoms with Gasteiger partial charge in [0.25, 0.3) is 0 Å². The van der Waals surface area contributed by atoms with Crippen LogP contribution in [0.1, 0.15) is 11.5 Å². The van der Waals surface area contributed by atoms with Crippen LogP contribution >= 0.6 is 0 Å². The monoisotopic (exact) mass is 281 g/mol. The second-order valence-electron chi connectivity index (χ2n) is 4.18. The van der Waals surface area contributed by atoms with Crippen LogP contribution in [-0.2, 0) is 23.0 Å². The average Bonchev–Trinajstić information content (AvgIpc) is 2.84. The van der Waals surface area contributed by atoms with Crippen molar-refractivity contribution in [1.82, 2.24) is 0 Å². The van der Waals surface area contributed by atoms with E-state index in [2.05, 4.69) is 5.32 Å². The van der Waals surface area contributed by atoms with E-state index in [0.717, 1.165) is 0 Å². The molecule has 0 bridgehead atoms. The predicted molar refractivity (Wildman–Crippen MR) is 71.5 cm³/mol. The first kappa shape index (κ1) is 13.6. The zero-order valence-electron chi connectivity index (χ0n) is 10.5. The number of benzene rings is 1. The van der Waals surface area contributed by atoms with Crippen molar-refractivity contribution in [3.8, 4) is 0 Å². The molecule has 0 spiro atoms. The summed E-state index contributed by atoms with van der Waals surface area (Å²) in [4.78, 5) is 0.271. The number of aliphatic hydroxyl groups excluding tert-OH is 1. The van der Waals surface area contributed by atoms with Crippen molar-refractivity contribution in [2.75, 3.05) is 11.6 Å². The fourth-order valence-corrected chi connectivity index (χ4v) is 2.29. The molecule has 5 nitrogen and oxygen atoms in total. The zero-order chi connectivity index (χ0) is 13.9. The van der Waals surface area contributed by atoms with Crippen molar-refractivity contribution in [3.05, 3.63) is 47.9 Å². The molecular formula is C13H15NO4S. The molecule has 2 aromatic rings. The van der Waals surface area contributed by atoms with Gasteiger partial charge in [0.2, 0.25) is 0 Å². The third kappa shape index (κ3) is 3.59. The quantitative estimate of drug-likeness (QED) is 0.873. The van der Waals surface area contributed by atoms with Crippen LogP contribution in [-0.4, -0.2) is 19.8 Å². The lowest BCUT2D eigenvalue weighted by Crippen LogP contribution is -2.01. The number of hydrogen-bond acceptors (Lipinski definition) is 5. The summed E-state index contributed by atoms with van der Waals surface area (Å²) in [7, 11) is -3.20. The summed E-state index contributed by atoms with van der Waals surface area (Å²) in [6.07, 6.45) is 1.17. The smallest absolute Gasteiger partial charge is 0.175 e. The number of rotatable bonds is 5.